The molecule has 0 N–H and O–H groups in total. The molecule has 82 valence electrons. The van der Waals surface area contributed by atoms with Crippen molar-refractivity contribution in [2.75, 3.05) is 6.54 Å². The summed E-state index contributed by atoms with van der Waals surface area (Å²) >= 11 is 4.54. The lowest BCUT2D eigenvalue weighted by Crippen LogP contribution is -2.35. The van der Waals surface area contributed by atoms with Crippen molar-refractivity contribution in [2.45, 2.75) is 47.8 Å². The van der Waals surface area contributed by atoms with Crippen molar-refractivity contribution in [3.8, 4) is 0 Å². The van der Waals surface area contributed by atoms with E-state index in [-0.39, 0.29) is 0 Å². The first-order chi connectivity index (χ1) is 6.26. The molecule has 0 aromatic rings. The minimum atomic E-state index is 0.319. The first-order valence-electron chi connectivity index (χ1n) is 5.33. The van der Waals surface area contributed by atoms with Crippen LogP contribution in [-0.2, 0) is 0 Å². The molecule has 0 amide bonds. The van der Waals surface area contributed by atoms with Crippen molar-refractivity contribution in [3.63, 3.8) is 0 Å². The SMILES string of the molecule is C/C=C(\C)CB(C)N(S)CC(C)(C)C. The minimum absolute atomic E-state index is 0.319. The Bertz CT molecular complexity index is 196. The Morgan fingerprint density at radius 1 is 1.43 bits per heavy atom. The predicted molar refractivity (Wildman–Crippen MR) is 71.0 cm³/mol. The molecule has 3 heteroatoms. The molecule has 0 bridgehead atoms. The van der Waals surface area contributed by atoms with Gasteiger partial charge in [-0.3, -0.25) is 4.22 Å². The number of hydrogen-bond donors (Lipinski definition) is 1. The topological polar surface area (TPSA) is 3.24 Å². The van der Waals surface area contributed by atoms with E-state index in [2.05, 4.69) is 64.5 Å². The Morgan fingerprint density at radius 2 is 1.93 bits per heavy atom. The molecule has 0 aliphatic heterocycles. The third kappa shape index (κ3) is 6.55. The summed E-state index contributed by atoms with van der Waals surface area (Å²) in [5.74, 6) is 0. The van der Waals surface area contributed by atoms with E-state index < -0.39 is 0 Å². The van der Waals surface area contributed by atoms with Gasteiger partial charge in [0.15, 0.2) is 0 Å². The average molecular weight is 213 g/mol. The van der Waals surface area contributed by atoms with E-state index in [1.807, 2.05) is 0 Å². The van der Waals surface area contributed by atoms with Crippen LogP contribution in [0, 0.1) is 5.41 Å². The monoisotopic (exact) mass is 213 g/mol. The minimum Gasteiger partial charge on any atom is -0.291 e. The fourth-order valence-electron chi connectivity index (χ4n) is 1.33. The summed E-state index contributed by atoms with van der Waals surface area (Å²) in [6.07, 6.45) is 3.28. The van der Waals surface area contributed by atoms with Gasteiger partial charge in [-0.05, 0) is 25.6 Å². The first-order valence-corrected chi connectivity index (χ1v) is 5.73. The normalized spacial score (nSPS) is 13.6. The van der Waals surface area contributed by atoms with E-state index in [4.69, 9.17) is 0 Å². The highest BCUT2D eigenvalue weighted by Gasteiger charge is 2.20. The second kappa shape index (κ2) is 5.87. The van der Waals surface area contributed by atoms with Crippen molar-refractivity contribution in [1.29, 1.82) is 0 Å². The summed E-state index contributed by atoms with van der Waals surface area (Å²) in [6, 6.07) is 0. The van der Waals surface area contributed by atoms with Crippen LogP contribution in [0.5, 0.6) is 0 Å². The Kier molecular flexibility index (Phi) is 5.91. The highest BCUT2D eigenvalue weighted by atomic mass is 32.1. The van der Waals surface area contributed by atoms with E-state index >= 15 is 0 Å². The molecule has 0 saturated heterocycles. The maximum absolute atomic E-state index is 4.54. The largest absolute Gasteiger partial charge is 0.291 e. The van der Waals surface area contributed by atoms with Crippen LogP contribution in [-0.4, -0.2) is 17.6 Å². The Hall–Kier alpha value is 0.115. The molecule has 0 unspecified atom stereocenters. The van der Waals surface area contributed by atoms with Crippen molar-refractivity contribution in [2.24, 2.45) is 5.41 Å². The van der Waals surface area contributed by atoms with Gasteiger partial charge in [-0.15, -0.1) is 12.8 Å². The maximum atomic E-state index is 4.54. The van der Waals surface area contributed by atoms with E-state index in [1.54, 1.807) is 0 Å². The van der Waals surface area contributed by atoms with Gasteiger partial charge in [0.25, 0.3) is 0 Å². The summed E-state index contributed by atoms with van der Waals surface area (Å²) in [5.41, 5.74) is 1.75. The second-order valence-corrected chi connectivity index (χ2v) is 5.86. The summed E-state index contributed by atoms with van der Waals surface area (Å²) in [6.45, 7) is 14.8. The Balaban J connectivity index is 4.06. The van der Waals surface area contributed by atoms with Gasteiger partial charge in [0, 0.05) is 6.54 Å². The van der Waals surface area contributed by atoms with Crippen molar-refractivity contribution in [3.05, 3.63) is 11.6 Å². The second-order valence-electron chi connectivity index (χ2n) is 5.35. The fraction of sp³-hybridized carbons (Fsp3) is 0.818. The van der Waals surface area contributed by atoms with Crippen LogP contribution in [0.1, 0.15) is 34.6 Å². The van der Waals surface area contributed by atoms with Crippen LogP contribution in [0.15, 0.2) is 11.6 Å². The lowest BCUT2D eigenvalue weighted by Gasteiger charge is -2.28. The summed E-state index contributed by atoms with van der Waals surface area (Å²) in [7, 11) is 0. The first kappa shape index (κ1) is 14.1. The van der Waals surface area contributed by atoms with Gasteiger partial charge in [0.1, 0.15) is 0 Å². The zero-order valence-corrected chi connectivity index (χ0v) is 11.4. The lowest BCUT2D eigenvalue weighted by atomic mass is 9.59. The number of rotatable bonds is 4. The smallest absolute Gasteiger partial charge is 0.236 e. The lowest BCUT2D eigenvalue weighted by molar-refractivity contribution is 0.363. The standard InChI is InChI=1S/C11H24BNS/c1-7-10(2)8-12(6)13(14)9-11(3,4)5/h7,14H,8-9H2,1-6H3/b10-7+. The molecule has 14 heavy (non-hydrogen) atoms. The zero-order chi connectivity index (χ0) is 11.4. The molecular formula is C11H24BNS. The van der Waals surface area contributed by atoms with Crippen LogP contribution in [0.25, 0.3) is 0 Å². The molecule has 0 atom stereocenters. The van der Waals surface area contributed by atoms with Gasteiger partial charge < -0.3 is 0 Å². The molecule has 0 rings (SSSR count). The molecule has 0 aromatic heterocycles. The predicted octanol–water partition coefficient (Wildman–Crippen LogP) is 3.77. The van der Waals surface area contributed by atoms with Crippen LogP contribution in [0.3, 0.4) is 0 Å². The third-order valence-corrected chi connectivity index (χ3v) is 2.79. The number of hydrogen-bond acceptors (Lipinski definition) is 2. The van der Waals surface area contributed by atoms with Gasteiger partial charge in [-0.2, -0.15) is 0 Å². The summed E-state index contributed by atoms with van der Waals surface area (Å²) < 4.78 is 2.15. The Morgan fingerprint density at radius 3 is 2.29 bits per heavy atom. The van der Waals surface area contributed by atoms with E-state index in [9.17, 15) is 0 Å². The van der Waals surface area contributed by atoms with Crippen molar-refractivity contribution >= 4 is 19.7 Å². The van der Waals surface area contributed by atoms with E-state index in [0.29, 0.717) is 12.3 Å². The molecule has 0 spiro atoms. The molecule has 0 radical (unpaired) electrons. The molecule has 0 saturated carbocycles. The van der Waals surface area contributed by atoms with Gasteiger partial charge in [0.05, 0.1) is 0 Å². The molecule has 0 aliphatic rings. The molecule has 0 heterocycles. The molecule has 0 fully saturated rings. The average Bonchev–Trinajstić information content (AvgIpc) is 2.00. The van der Waals surface area contributed by atoms with Crippen LogP contribution < -0.4 is 0 Å². The quantitative estimate of drug-likeness (QED) is 0.422. The Labute approximate surface area is 95.6 Å². The van der Waals surface area contributed by atoms with Crippen molar-refractivity contribution < 1.29 is 0 Å². The molecule has 0 aromatic carbocycles. The molecule has 0 aliphatic carbocycles. The van der Waals surface area contributed by atoms with Crippen LogP contribution >= 0.6 is 12.8 Å². The molecular weight excluding hydrogens is 189 g/mol. The van der Waals surface area contributed by atoms with Gasteiger partial charge >= 0.3 is 0 Å². The fourth-order valence-corrected chi connectivity index (χ4v) is 1.84. The van der Waals surface area contributed by atoms with Gasteiger partial charge in [-0.25, -0.2) is 0 Å². The van der Waals surface area contributed by atoms with E-state index in [1.165, 1.54) is 5.57 Å². The zero-order valence-electron chi connectivity index (χ0n) is 10.5. The summed E-state index contributed by atoms with van der Waals surface area (Å²) in [4.78, 5) is 0. The van der Waals surface area contributed by atoms with Crippen molar-refractivity contribution in [1.82, 2.24) is 4.22 Å². The third-order valence-electron chi connectivity index (χ3n) is 2.26. The highest BCUT2D eigenvalue weighted by Crippen LogP contribution is 2.19. The van der Waals surface area contributed by atoms with Crippen LogP contribution in [0.4, 0.5) is 0 Å². The number of allylic oxidation sites excluding steroid dienone is 2. The maximum Gasteiger partial charge on any atom is 0.236 e. The van der Waals surface area contributed by atoms with E-state index in [0.717, 1.165) is 12.9 Å². The van der Waals surface area contributed by atoms with Crippen LogP contribution in [0.2, 0.25) is 13.1 Å². The number of nitrogens with zero attached hydrogens (tertiary/aromatic N) is 1. The highest BCUT2D eigenvalue weighted by molar-refractivity contribution is 7.79. The number of thiol groups is 1. The van der Waals surface area contributed by atoms with Gasteiger partial charge in [-0.1, -0.05) is 39.2 Å². The molecule has 1 nitrogen and oxygen atoms in total. The van der Waals surface area contributed by atoms with Gasteiger partial charge in [0.2, 0.25) is 6.85 Å². The summed E-state index contributed by atoms with van der Waals surface area (Å²) in [5, 5.41) is 0.